The number of hydrogen-bond donors (Lipinski definition) is 0. The van der Waals surface area contributed by atoms with Crippen LogP contribution >= 0.6 is 8.69 Å². The van der Waals surface area contributed by atoms with Crippen LogP contribution in [-0.4, -0.2) is 13.2 Å². The number of ether oxygens (including phenoxy) is 2. The standard InChI is InChI=1S/C25H28O4P/c26-30-29-23-8-4-5-19(16-23)25(28-10-9-27-22-6-2-1-3-7-22)24-20-12-17-11-18(14-20)15-21(24)13-17/h1-8,16-18,20-21,30H,9-15H2/q+1. The molecule has 30 heavy (non-hydrogen) atoms. The van der Waals surface area contributed by atoms with Crippen LogP contribution in [0.2, 0.25) is 0 Å². The average Bonchev–Trinajstić information content (AvgIpc) is 2.75. The quantitative estimate of drug-likeness (QED) is 0.285. The number of hydrogen-bond acceptors (Lipinski definition) is 4. The molecule has 1 atom stereocenters. The van der Waals surface area contributed by atoms with Crippen LogP contribution in [0.15, 0.2) is 60.2 Å². The Hall–Kier alpha value is -2.32. The van der Waals surface area contributed by atoms with Crippen molar-refractivity contribution in [3.05, 3.63) is 65.7 Å². The van der Waals surface area contributed by atoms with Crippen LogP contribution < -0.4 is 9.26 Å². The molecular weight excluding hydrogens is 395 g/mol. The summed E-state index contributed by atoms with van der Waals surface area (Å²) in [4.78, 5) is 0. The van der Waals surface area contributed by atoms with Gasteiger partial charge in [0.1, 0.15) is 24.7 Å². The molecule has 6 rings (SSSR count). The predicted octanol–water partition coefficient (Wildman–Crippen LogP) is 6.27. The second kappa shape index (κ2) is 8.81. The minimum Gasteiger partial charge on any atom is -0.490 e. The Balaban J connectivity index is 1.39. The lowest BCUT2D eigenvalue weighted by atomic mass is 9.54. The number of allylic oxidation sites excluding steroid dienone is 1. The van der Waals surface area contributed by atoms with Crippen molar-refractivity contribution in [3.63, 3.8) is 0 Å². The Labute approximate surface area is 179 Å². The summed E-state index contributed by atoms with van der Waals surface area (Å²) in [6.07, 6.45) is 6.62. The van der Waals surface area contributed by atoms with Crippen LogP contribution in [0.3, 0.4) is 0 Å². The van der Waals surface area contributed by atoms with Gasteiger partial charge in [-0.1, -0.05) is 30.3 Å². The molecule has 4 aliphatic rings. The molecule has 156 valence electrons. The van der Waals surface area contributed by atoms with Gasteiger partial charge >= 0.3 is 8.69 Å². The van der Waals surface area contributed by atoms with Gasteiger partial charge in [0.2, 0.25) is 0 Å². The van der Waals surface area contributed by atoms with E-state index < -0.39 is 8.69 Å². The topological polar surface area (TPSA) is 44.8 Å². The summed E-state index contributed by atoms with van der Waals surface area (Å²) in [5.74, 6) is 5.55. The molecule has 0 aliphatic heterocycles. The third kappa shape index (κ3) is 4.11. The van der Waals surface area contributed by atoms with Crippen LogP contribution in [0.1, 0.15) is 37.7 Å². The lowest BCUT2D eigenvalue weighted by Gasteiger charge is -2.51. The van der Waals surface area contributed by atoms with E-state index in [1.807, 2.05) is 48.5 Å². The van der Waals surface area contributed by atoms with E-state index in [0.29, 0.717) is 30.8 Å². The van der Waals surface area contributed by atoms with E-state index in [4.69, 9.17) is 14.0 Å². The zero-order valence-electron chi connectivity index (χ0n) is 17.1. The van der Waals surface area contributed by atoms with Crippen LogP contribution in [0, 0.1) is 23.7 Å². The van der Waals surface area contributed by atoms with E-state index in [0.717, 1.165) is 28.9 Å². The van der Waals surface area contributed by atoms with Crippen molar-refractivity contribution < 1.29 is 18.6 Å². The first-order valence-corrected chi connectivity index (χ1v) is 11.8. The Kier molecular flexibility index (Phi) is 5.77. The van der Waals surface area contributed by atoms with E-state index >= 15 is 0 Å². The van der Waals surface area contributed by atoms with Gasteiger partial charge in [0.25, 0.3) is 0 Å². The maximum absolute atomic E-state index is 11.0. The molecule has 0 amide bonds. The summed E-state index contributed by atoms with van der Waals surface area (Å²) in [5, 5.41) is 0. The van der Waals surface area contributed by atoms with E-state index in [2.05, 4.69) is 6.07 Å². The van der Waals surface area contributed by atoms with Crippen molar-refractivity contribution in [2.45, 2.75) is 32.1 Å². The Bertz CT molecular complexity index is 894. The number of para-hydroxylation sites is 1. The van der Waals surface area contributed by atoms with Gasteiger partial charge in [-0.2, -0.15) is 0 Å². The minimum absolute atomic E-state index is 0.494. The summed E-state index contributed by atoms with van der Waals surface area (Å²) in [6, 6.07) is 17.7. The third-order valence-electron chi connectivity index (χ3n) is 6.88. The molecule has 5 heteroatoms. The highest BCUT2D eigenvalue weighted by molar-refractivity contribution is 7.17. The second-order valence-electron chi connectivity index (χ2n) is 8.81. The third-order valence-corrected chi connectivity index (χ3v) is 7.20. The fourth-order valence-corrected chi connectivity index (χ4v) is 6.19. The van der Waals surface area contributed by atoms with E-state index in [1.54, 1.807) is 0 Å². The first kappa shape index (κ1) is 19.6. The minimum atomic E-state index is -0.807. The molecule has 4 nitrogen and oxygen atoms in total. The van der Waals surface area contributed by atoms with Gasteiger partial charge in [0.15, 0.2) is 5.75 Å². The first-order valence-electron chi connectivity index (χ1n) is 11.0. The summed E-state index contributed by atoms with van der Waals surface area (Å²) < 4.78 is 28.5. The average molecular weight is 423 g/mol. The summed E-state index contributed by atoms with van der Waals surface area (Å²) >= 11 is 0. The Morgan fingerprint density at radius 2 is 1.53 bits per heavy atom. The lowest BCUT2D eigenvalue weighted by molar-refractivity contribution is 0.0658. The second-order valence-corrected chi connectivity index (χ2v) is 9.18. The van der Waals surface area contributed by atoms with Gasteiger partial charge in [0.05, 0.1) is 0 Å². The molecule has 0 saturated heterocycles. The summed E-state index contributed by atoms with van der Waals surface area (Å²) in [5.41, 5.74) is 2.52. The SMILES string of the molecule is O=[PH+]Oc1cccc(C(OCCOc2ccccc2)=C2C3CC4CC(C3)CC2C4)c1. The molecule has 0 heterocycles. The summed E-state index contributed by atoms with van der Waals surface area (Å²) in [6.45, 7) is 0.994. The molecule has 4 aliphatic carbocycles. The maximum atomic E-state index is 11.0. The van der Waals surface area contributed by atoms with Crippen molar-refractivity contribution >= 4 is 14.4 Å². The molecule has 1 unspecified atom stereocenters. The number of rotatable bonds is 8. The van der Waals surface area contributed by atoms with Gasteiger partial charge in [0, 0.05) is 5.56 Å². The van der Waals surface area contributed by atoms with Crippen LogP contribution in [-0.2, 0) is 9.30 Å². The van der Waals surface area contributed by atoms with E-state index in [1.165, 1.54) is 37.7 Å². The highest BCUT2D eigenvalue weighted by Gasteiger charge is 2.46. The fourth-order valence-electron chi connectivity index (χ4n) is 5.96. The molecule has 0 spiro atoms. The van der Waals surface area contributed by atoms with Gasteiger partial charge in [-0.05, 0) is 90.2 Å². The molecule has 0 N–H and O–H groups in total. The molecule has 4 fully saturated rings. The van der Waals surface area contributed by atoms with Crippen LogP contribution in [0.4, 0.5) is 0 Å². The Morgan fingerprint density at radius 3 is 2.23 bits per heavy atom. The fraction of sp³-hybridized carbons (Fsp3) is 0.440. The molecule has 4 bridgehead atoms. The highest BCUT2D eigenvalue weighted by Crippen LogP contribution is 2.58. The molecule has 4 saturated carbocycles. The van der Waals surface area contributed by atoms with Gasteiger partial charge in [-0.25, -0.2) is 0 Å². The normalized spacial score (nSPS) is 26.6. The van der Waals surface area contributed by atoms with Gasteiger partial charge < -0.3 is 9.47 Å². The van der Waals surface area contributed by atoms with Crippen LogP contribution in [0.25, 0.3) is 5.76 Å². The van der Waals surface area contributed by atoms with Crippen molar-refractivity contribution in [1.29, 1.82) is 0 Å². The van der Waals surface area contributed by atoms with Crippen molar-refractivity contribution in [3.8, 4) is 11.5 Å². The zero-order chi connectivity index (χ0) is 20.3. The molecular formula is C25H28O4P+. The van der Waals surface area contributed by atoms with Crippen molar-refractivity contribution in [1.82, 2.24) is 0 Å². The molecule has 0 aromatic heterocycles. The smallest absolute Gasteiger partial charge is 0.490 e. The molecule has 2 aromatic carbocycles. The predicted molar refractivity (Wildman–Crippen MR) is 118 cm³/mol. The molecule has 0 radical (unpaired) electrons. The zero-order valence-corrected chi connectivity index (χ0v) is 18.1. The largest absolute Gasteiger partial charge is 0.542 e. The van der Waals surface area contributed by atoms with E-state index in [9.17, 15) is 4.57 Å². The van der Waals surface area contributed by atoms with E-state index in [-0.39, 0.29) is 0 Å². The van der Waals surface area contributed by atoms with Crippen LogP contribution in [0.5, 0.6) is 11.5 Å². The van der Waals surface area contributed by atoms with Gasteiger partial charge in [-0.3, -0.25) is 4.52 Å². The maximum Gasteiger partial charge on any atom is 0.542 e. The van der Waals surface area contributed by atoms with Crippen molar-refractivity contribution in [2.24, 2.45) is 23.7 Å². The molecule has 2 aromatic rings. The first-order chi connectivity index (χ1) is 14.8. The monoisotopic (exact) mass is 423 g/mol. The Morgan fingerprint density at radius 1 is 0.833 bits per heavy atom. The summed E-state index contributed by atoms with van der Waals surface area (Å²) in [7, 11) is -0.807. The van der Waals surface area contributed by atoms with Gasteiger partial charge in [-0.15, -0.1) is 0 Å². The lowest BCUT2D eigenvalue weighted by Crippen LogP contribution is -2.41. The van der Waals surface area contributed by atoms with Crippen molar-refractivity contribution in [2.75, 3.05) is 13.2 Å². The highest BCUT2D eigenvalue weighted by atomic mass is 31.1. The number of benzene rings is 2.